The standard InChI is InChI=1S/C15H16BrClN2O2/c1-18-7-11-4-13(17)5-14(20-2)15(11)21-9-10-3-12(16)8-19-6-10/h3-6,8,18H,7,9H2,1-2H3. The molecule has 0 aliphatic rings. The maximum absolute atomic E-state index is 6.09. The minimum atomic E-state index is 0.404. The Balaban J connectivity index is 2.25. The average Bonchev–Trinajstić information content (AvgIpc) is 2.46. The molecule has 0 spiro atoms. The monoisotopic (exact) mass is 370 g/mol. The lowest BCUT2D eigenvalue weighted by Crippen LogP contribution is -2.09. The van der Waals surface area contributed by atoms with Crippen LogP contribution >= 0.6 is 27.5 Å². The van der Waals surface area contributed by atoms with Gasteiger partial charge in [0, 0.05) is 45.6 Å². The number of nitrogens with one attached hydrogen (secondary N) is 1. The van der Waals surface area contributed by atoms with Gasteiger partial charge in [0.1, 0.15) is 6.61 Å². The number of pyridine rings is 1. The summed E-state index contributed by atoms with van der Waals surface area (Å²) < 4.78 is 12.2. The fourth-order valence-corrected chi connectivity index (χ4v) is 2.59. The summed E-state index contributed by atoms with van der Waals surface area (Å²) in [6.45, 7) is 1.05. The summed E-state index contributed by atoms with van der Waals surface area (Å²) >= 11 is 9.49. The molecule has 21 heavy (non-hydrogen) atoms. The Kier molecular flexibility index (Phi) is 5.85. The van der Waals surface area contributed by atoms with Gasteiger partial charge < -0.3 is 14.8 Å². The van der Waals surface area contributed by atoms with Crippen molar-refractivity contribution >= 4 is 27.5 Å². The van der Waals surface area contributed by atoms with Crippen molar-refractivity contribution in [1.82, 2.24) is 10.3 Å². The van der Waals surface area contributed by atoms with Crippen LogP contribution in [0.1, 0.15) is 11.1 Å². The minimum absolute atomic E-state index is 0.404. The summed E-state index contributed by atoms with van der Waals surface area (Å²) in [4.78, 5) is 4.12. The highest BCUT2D eigenvalue weighted by Gasteiger charge is 2.13. The summed E-state index contributed by atoms with van der Waals surface area (Å²) in [6.07, 6.45) is 3.50. The molecule has 0 amide bonds. The molecule has 1 aromatic heterocycles. The zero-order valence-corrected chi connectivity index (χ0v) is 14.2. The van der Waals surface area contributed by atoms with Crippen LogP contribution in [0.3, 0.4) is 0 Å². The molecule has 2 aromatic rings. The second-order valence-electron chi connectivity index (χ2n) is 4.43. The quantitative estimate of drug-likeness (QED) is 0.838. The number of rotatable bonds is 6. The topological polar surface area (TPSA) is 43.4 Å². The largest absolute Gasteiger partial charge is 0.493 e. The van der Waals surface area contributed by atoms with E-state index in [0.717, 1.165) is 15.6 Å². The van der Waals surface area contributed by atoms with E-state index in [2.05, 4.69) is 26.2 Å². The predicted molar refractivity (Wildman–Crippen MR) is 87.0 cm³/mol. The summed E-state index contributed by atoms with van der Waals surface area (Å²) in [6, 6.07) is 5.58. The van der Waals surface area contributed by atoms with Crippen LogP contribution in [0.5, 0.6) is 11.5 Å². The second kappa shape index (κ2) is 7.64. The molecular formula is C15H16BrClN2O2. The van der Waals surface area contributed by atoms with Crippen LogP contribution < -0.4 is 14.8 Å². The van der Waals surface area contributed by atoms with Crippen LogP contribution in [0.2, 0.25) is 5.02 Å². The van der Waals surface area contributed by atoms with E-state index in [4.69, 9.17) is 21.1 Å². The Morgan fingerprint density at radius 3 is 2.76 bits per heavy atom. The molecule has 1 heterocycles. The van der Waals surface area contributed by atoms with Crippen molar-refractivity contribution in [3.05, 3.63) is 51.2 Å². The van der Waals surface area contributed by atoms with Gasteiger partial charge in [0.2, 0.25) is 0 Å². The number of methoxy groups -OCH3 is 1. The summed E-state index contributed by atoms with van der Waals surface area (Å²) in [5.74, 6) is 1.31. The van der Waals surface area contributed by atoms with E-state index >= 15 is 0 Å². The van der Waals surface area contributed by atoms with Gasteiger partial charge >= 0.3 is 0 Å². The fraction of sp³-hybridized carbons (Fsp3) is 0.267. The highest BCUT2D eigenvalue weighted by Crippen LogP contribution is 2.35. The molecular weight excluding hydrogens is 356 g/mol. The first-order chi connectivity index (χ1) is 10.1. The predicted octanol–water partition coefficient (Wildman–Crippen LogP) is 3.80. The first kappa shape index (κ1) is 16.1. The van der Waals surface area contributed by atoms with Gasteiger partial charge in [-0.2, -0.15) is 0 Å². The Hall–Kier alpha value is -1.30. The Morgan fingerprint density at radius 2 is 2.10 bits per heavy atom. The molecule has 0 fully saturated rings. The third kappa shape index (κ3) is 4.33. The molecule has 2 rings (SSSR count). The molecule has 0 aliphatic heterocycles. The number of hydrogen-bond donors (Lipinski definition) is 1. The van der Waals surface area contributed by atoms with Gasteiger partial charge in [-0.05, 0) is 35.1 Å². The van der Waals surface area contributed by atoms with Gasteiger partial charge in [0.25, 0.3) is 0 Å². The first-order valence-electron chi connectivity index (χ1n) is 6.37. The lowest BCUT2D eigenvalue weighted by molar-refractivity contribution is 0.280. The maximum Gasteiger partial charge on any atom is 0.166 e. The smallest absolute Gasteiger partial charge is 0.166 e. The van der Waals surface area contributed by atoms with E-state index in [0.29, 0.717) is 29.7 Å². The molecule has 0 saturated heterocycles. The van der Waals surface area contributed by atoms with Gasteiger partial charge in [-0.1, -0.05) is 11.6 Å². The van der Waals surface area contributed by atoms with Crippen LogP contribution in [0.15, 0.2) is 35.1 Å². The van der Waals surface area contributed by atoms with Gasteiger partial charge in [-0.3, -0.25) is 4.98 Å². The molecule has 0 unspecified atom stereocenters. The van der Waals surface area contributed by atoms with Gasteiger partial charge in [-0.15, -0.1) is 0 Å². The van der Waals surface area contributed by atoms with Gasteiger partial charge in [-0.25, -0.2) is 0 Å². The minimum Gasteiger partial charge on any atom is -0.493 e. The van der Waals surface area contributed by atoms with Gasteiger partial charge in [0.15, 0.2) is 11.5 Å². The van der Waals surface area contributed by atoms with E-state index in [1.54, 1.807) is 25.6 Å². The molecule has 0 aliphatic carbocycles. The molecule has 0 saturated carbocycles. The third-order valence-electron chi connectivity index (χ3n) is 2.83. The zero-order valence-electron chi connectivity index (χ0n) is 11.8. The second-order valence-corrected chi connectivity index (χ2v) is 5.78. The zero-order chi connectivity index (χ0) is 15.2. The van der Waals surface area contributed by atoms with Crippen LogP contribution in [-0.4, -0.2) is 19.1 Å². The van der Waals surface area contributed by atoms with Crippen molar-refractivity contribution in [2.75, 3.05) is 14.2 Å². The molecule has 1 N–H and O–H groups in total. The Bertz CT molecular complexity index is 623. The molecule has 1 aromatic carbocycles. The molecule has 112 valence electrons. The Labute approximate surface area is 137 Å². The van der Waals surface area contributed by atoms with Crippen molar-refractivity contribution in [2.45, 2.75) is 13.2 Å². The van der Waals surface area contributed by atoms with E-state index < -0.39 is 0 Å². The normalized spacial score (nSPS) is 10.5. The van der Waals surface area contributed by atoms with E-state index in [-0.39, 0.29) is 0 Å². The number of hydrogen-bond acceptors (Lipinski definition) is 4. The number of halogens is 2. The first-order valence-corrected chi connectivity index (χ1v) is 7.54. The van der Waals surface area contributed by atoms with Crippen molar-refractivity contribution in [3.63, 3.8) is 0 Å². The molecule has 6 heteroatoms. The van der Waals surface area contributed by atoms with Crippen molar-refractivity contribution < 1.29 is 9.47 Å². The van der Waals surface area contributed by atoms with Crippen LogP contribution in [0, 0.1) is 0 Å². The van der Waals surface area contributed by atoms with Crippen LogP contribution in [-0.2, 0) is 13.2 Å². The number of nitrogens with zero attached hydrogens (tertiary/aromatic N) is 1. The SMILES string of the molecule is CNCc1cc(Cl)cc(OC)c1OCc1cncc(Br)c1. The summed E-state index contributed by atoms with van der Waals surface area (Å²) in [5.41, 5.74) is 1.92. The lowest BCUT2D eigenvalue weighted by atomic mass is 10.2. The maximum atomic E-state index is 6.09. The fourth-order valence-electron chi connectivity index (χ4n) is 1.95. The average molecular weight is 372 g/mol. The van der Waals surface area contributed by atoms with E-state index in [1.165, 1.54) is 0 Å². The van der Waals surface area contributed by atoms with Crippen molar-refractivity contribution in [1.29, 1.82) is 0 Å². The van der Waals surface area contributed by atoms with Crippen LogP contribution in [0.4, 0.5) is 0 Å². The van der Waals surface area contributed by atoms with Crippen LogP contribution in [0.25, 0.3) is 0 Å². The van der Waals surface area contributed by atoms with Gasteiger partial charge in [0.05, 0.1) is 7.11 Å². The van der Waals surface area contributed by atoms with Crippen molar-refractivity contribution in [2.24, 2.45) is 0 Å². The number of aromatic nitrogens is 1. The molecule has 4 nitrogen and oxygen atoms in total. The summed E-state index contributed by atoms with van der Waals surface area (Å²) in [5, 5.41) is 3.72. The summed E-state index contributed by atoms with van der Waals surface area (Å²) in [7, 11) is 3.47. The highest BCUT2D eigenvalue weighted by molar-refractivity contribution is 9.10. The third-order valence-corrected chi connectivity index (χ3v) is 3.48. The Morgan fingerprint density at radius 1 is 1.29 bits per heavy atom. The lowest BCUT2D eigenvalue weighted by Gasteiger charge is -2.15. The highest BCUT2D eigenvalue weighted by atomic mass is 79.9. The molecule has 0 radical (unpaired) electrons. The molecule has 0 bridgehead atoms. The number of benzene rings is 1. The number of ether oxygens (including phenoxy) is 2. The molecule has 0 atom stereocenters. The van der Waals surface area contributed by atoms with E-state index in [1.807, 2.05) is 19.2 Å². The van der Waals surface area contributed by atoms with E-state index in [9.17, 15) is 0 Å². The van der Waals surface area contributed by atoms with Crippen molar-refractivity contribution in [3.8, 4) is 11.5 Å².